The summed E-state index contributed by atoms with van der Waals surface area (Å²) in [7, 11) is 0. The molecule has 136 valence electrons. The normalized spacial score (nSPS) is 12.4. The Morgan fingerprint density at radius 2 is 2.08 bits per heavy atom. The Labute approximate surface area is 160 Å². The van der Waals surface area contributed by atoms with Gasteiger partial charge in [-0.15, -0.1) is 11.3 Å². The summed E-state index contributed by atoms with van der Waals surface area (Å²) in [6, 6.07) is 11.9. The molecule has 3 rings (SSSR count). The molecule has 5 nitrogen and oxygen atoms in total. The number of benzene rings is 1. The number of thioether (sulfide) groups is 1. The fourth-order valence-corrected chi connectivity index (χ4v) is 4.50. The van der Waals surface area contributed by atoms with Gasteiger partial charge in [0.25, 0.3) is 5.56 Å². The highest BCUT2D eigenvalue weighted by molar-refractivity contribution is 8.00. The van der Waals surface area contributed by atoms with Crippen molar-refractivity contribution < 1.29 is 4.79 Å². The number of hydrogen-bond acceptors (Lipinski definition) is 5. The van der Waals surface area contributed by atoms with Crippen LogP contribution in [-0.2, 0) is 24.2 Å². The topological polar surface area (TPSA) is 78.0 Å². The molecule has 0 saturated heterocycles. The Kier molecular flexibility index (Phi) is 5.78. The first-order valence-electron chi connectivity index (χ1n) is 8.52. The third-order valence-corrected chi connectivity index (χ3v) is 6.45. The molecule has 0 aliphatic carbocycles. The second-order valence-electron chi connectivity index (χ2n) is 6.03. The summed E-state index contributed by atoms with van der Waals surface area (Å²) >= 11 is 2.77. The zero-order valence-electron chi connectivity index (χ0n) is 14.8. The fraction of sp³-hybridized carbons (Fsp3) is 0.316. The zero-order valence-corrected chi connectivity index (χ0v) is 16.4. The smallest absolute Gasteiger partial charge is 0.262 e. The average Bonchev–Trinajstić information content (AvgIpc) is 3.05. The van der Waals surface area contributed by atoms with Crippen LogP contribution in [-0.4, -0.2) is 20.7 Å². The molecule has 0 saturated carbocycles. The van der Waals surface area contributed by atoms with Crippen molar-refractivity contribution in [1.82, 2.24) is 9.55 Å². The van der Waals surface area contributed by atoms with Crippen molar-refractivity contribution in [2.45, 2.75) is 43.6 Å². The first kappa shape index (κ1) is 18.7. The third kappa shape index (κ3) is 3.99. The van der Waals surface area contributed by atoms with Crippen molar-refractivity contribution in [3.8, 4) is 0 Å². The van der Waals surface area contributed by atoms with Gasteiger partial charge in [0.1, 0.15) is 4.83 Å². The number of nitrogens with zero attached hydrogens (tertiary/aromatic N) is 2. The van der Waals surface area contributed by atoms with Gasteiger partial charge in [-0.05, 0) is 31.4 Å². The maximum absolute atomic E-state index is 13.1. The number of carbonyl (C=O) groups is 1. The molecular weight excluding hydrogens is 366 g/mol. The molecule has 0 unspecified atom stereocenters. The van der Waals surface area contributed by atoms with Crippen molar-refractivity contribution in [2.24, 2.45) is 5.73 Å². The molecule has 0 aliphatic rings. The monoisotopic (exact) mass is 387 g/mol. The number of rotatable bonds is 7. The molecule has 26 heavy (non-hydrogen) atoms. The SMILES string of the molecule is CCc1cc2c(=O)n(CCc3ccccc3)c(S[C@@H](C)C(N)=O)nc2s1. The van der Waals surface area contributed by atoms with Crippen LogP contribution in [0.15, 0.2) is 46.3 Å². The minimum absolute atomic E-state index is 0.0546. The summed E-state index contributed by atoms with van der Waals surface area (Å²) in [5, 5.41) is 0.748. The summed E-state index contributed by atoms with van der Waals surface area (Å²) in [6.45, 7) is 4.30. The van der Waals surface area contributed by atoms with Crippen LogP contribution < -0.4 is 11.3 Å². The molecule has 2 heterocycles. The van der Waals surface area contributed by atoms with Crippen LogP contribution in [0.2, 0.25) is 0 Å². The average molecular weight is 388 g/mol. The minimum atomic E-state index is -0.451. The maximum Gasteiger partial charge on any atom is 0.262 e. The molecule has 2 N–H and O–H groups in total. The standard InChI is InChI=1S/C19H21N3O2S2/c1-3-14-11-15-17(26-14)21-19(25-12(2)16(20)23)22(18(15)24)10-9-13-7-5-4-6-8-13/h4-8,11-12H,3,9-10H2,1-2H3,(H2,20,23)/t12-/m0/s1. The lowest BCUT2D eigenvalue weighted by Gasteiger charge is -2.14. The number of aromatic nitrogens is 2. The van der Waals surface area contributed by atoms with Gasteiger partial charge in [-0.1, -0.05) is 49.0 Å². The Balaban J connectivity index is 2.02. The van der Waals surface area contributed by atoms with E-state index in [0.29, 0.717) is 17.1 Å². The van der Waals surface area contributed by atoms with Crippen LogP contribution in [0, 0.1) is 0 Å². The highest BCUT2D eigenvalue weighted by Gasteiger charge is 2.18. The quantitative estimate of drug-likeness (QED) is 0.499. The molecular formula is C19H21N3O2S2. The number of carbonyl (C=O) groups excluding carboxylic acids is 1. The third-order valence-electron chi connectivity index (χ3n) is 4.17. The largest absolute Gasteiger partial charge is 0.369 e. The first-order valence-corrected chi connectivity index (χ1v) is 10.2. The predicted octanol–water partition coefficient (Wildman–Crippen LogP) is 3.23. The molecule has 2 aromatic heterocycles. The molecule has 3 aromatic rings. The molecule has 0 bridgehead atoms. The zero-order chi connectivity index (χ0) is 18.7. The van der Waals surface area contributed by atoms with Crippen molar-refractivity contribution in [1.29, 1.82) is 0 Å². The van der Waals surface area contributed by atoms with Gasteiger partial charge >= 0.3 is 0 Å². The number of aryl methyl sites for hydroxylation is 2. The molecule has 0 radical (unpaired) electrons. The van der Waals surface area contributed by atoms with Gasteiger partial charge in [-0.2, -0.15) is 0 Å². The molecule has 0 aliphatic heterocycles. The molecule has 7 heteroatoms. The summed E-state index contributed by atoms with van der Waals surface area (Å²) in [5.41, 5.74) is 6.50. The van der Waals surface area contributed by atoms with Crippen LogP contribution in [0.5, 0.6) is 0 Å². The van der Waals surface area contributed by atoms with Crippen molar-refractivity contribution in [3.05, 3.63) is 57.2 Å². The van der Waals surface area contributed by atoms with E-state index in [4.69, 9.17) is 5.73 Å². The Morgan fingerprint density at radius 3 is 2.73 bits per heavy atom. The first-order chi connectivity index (χ1) is 12.5. The lowest BCUT2D eigenvalue weighted by Crippen LogP contribution is -2.27. The molecule has 0 spiro atoms. The van der Waals surface area contributed by atoms with E-state index in [-0.39, 0.29) is 5.56 Å². The molecule has 0 fully saturated rings. The summed E-state index contributed by atoms with van der Waals surface area (Å²) in [4.78, 5) is 31.1. The molecule has 1 amide bonds. The van der Waals surface area contributed by atoms with Gasteiger partial charge in [0, 0.05) is 11.4 Å². The van der Waals surface area contributed by atoms with Crippen LogP contribution >= 0.6 is 23.1 Å². The number of primary amides is 1. The summed E-state index contributed by atoms with van der Waals surface area (Å²) < 4.78 is 1.67. The summed E-state index contributed by atoms with van der Waals surface area (Å²) in [6.07, 6.45) is 1.59. The van der Waals surface area contributed by atoms with Crippen LogP contribution in [0.1, 0.15) is 24.3 Å². The van der Waals surface area contributed by atoms with Gasteiger partial charge in [-0.3, -0.25) is 14.2 Å². The van der Waals surface area contributed by atoms with Crippen molar-refractivity contribution in [3.63, 3.8) is 0 Å². The molecule has 1 aromatic carbocycles. The number of thiophene rings is 1. The molecule has 1 atom stereocenters. The van der Waals surface area contributed by atoms with Gasteiger partial charge in [0.2, 0.25) is 5.91 Å². The fourth-order valence-electron chi connectivity index (χ4n) is 2.61. The van der Waals surface area contributed by atoms with Crippen LogP contribution in [0.4, 0.5) is 0 Å². The Bertz CT molecular complexity index is 980. The van der Waals surface area contributed by atoms with Crippen LogP contribution in [0.3, 0.4) is 0 Å². The van der Waals surface area contributed by atoms with Crippen molar-refractivity contribution >= 4 is 39.2 Å². The summed E-state index contributed by atoms with van der Waals surface area (Å²) in [5.74, 6) is -0.417. The number of amides is 1. The second kappa shape index (κ2) is 8.05. The van der Waals surface area contributed by atoms with E-state index >= 15 is 0 Å². The van der Waals surface area contributed by atoms with E-state index in [1.54, 1.807) is 11.5 Å². The van der Waals surface area contributed by atoms with Gasteiger partial charge < -0.3 is 5.73 Å². The Morgan fingerprint density at radius 1 is 1.35 bits per heavy atom. The Hall–Kier alpha value is -2.12. The van der Waals surface area contributed by atoms with E-state index in [1.807, 2.05) is 36.4 Å². The maximum atomic E-state index is 13.1. The van der Waals surface area contributed by atoms with E-state index in [2.05, 4.69) is 11.9 Å². The van der Waals surface area contributed by atoms with E-state index < -0.39 is 11.2 Å². The number of fused-ring (bicyclic) bond motifs is 1. The van der Waals surface area contributed by atoms with Crippen LogP contribution in [0.25, 0.3) is 10.2 Å². The lowest BCUT2D eigenvalue weighted by molar-refractivity contribution is -0.117. The van der Waals surface area contributed by atoms with E-state index in [0.717, 1.165) is 28.1 Å². The minimum Gasteiger partial charge on any atom is -0.369 e. The van der Waals surface area contributed by atoms with Gasteiger partial charge in [-0.25, -0.2) is 4.98 Å². The van der Waals surface area contributed by atoms with E-state index in [1.165, 1.54) is 23.1 Å². The van der Waals surface area contributed by atoms with Gasteiger partial charge in [0.05, 0.1) is 10.6 Å². The van der Waals surface area contributed by atoms with E-state index in [9.17, 15) is 9.59 Å². The lowest BCUT2D eigenvalue weighted by atomic mass is 10.1. The number of hydrogen-bond donors (Lipinski definition) is 1. The van der Waals surface area contributed by atoms with Gasteiger partial charge in [0.15, 0.2) is 5.16 Å². The van der Waals surface area contributed by atoms with Crippen molar-refractivity contribution in [2.75, 3.05) is 0 Å². The number of nitrogens with two attached hydrogens (primary N) is 1. The second-order valence-corrected chi connectivity index (χ2v) is 8.46. The highest BCUT2D eigenvalue weighted by Crippen LogP contribution is 2.27. The predicted molar refractivity (Wildman–Crippen MR) is 108 cm³/mol. The highest BCUT2D eigenvalue weighted by atomic mass is 32.2.